The number of carbonyl (C=O) groups is 5. The van der Waals surface area contributed by atoms with Gasteiger partial charge in [0.2, 0.25) is 17.7 Å². The number of likely N-dealkylation sites (tertiary alicyclic amines) is 1. The Hall–Kier alpha value is -5.45. The molecule has 334 valence electrons. The van der Waals surface area contributed by atoms with Crippen LogP contribution in [0.2, 0.25) is 0 Å². The van der Waals surface area contributed by atoms with Crippen molar-refractivity contribution in [1.29, 1.82) is 0 Å². The number of nitrogens with one attached hydrogen (secondary N) is 4. The van der Waals surface area contributed by atoms with E-state index in [4.69, 9.17) is 19.4 Å². The molecule has 62 heavy (non-hydrogen) atoms. The molecule has 5 heterocycles. The van der Waals surface area contributed by atoms with E-state index in [1.54, 1.807) is 24.1 Å². The third-order valence-electron chi connectivity index (χ3n) is 12.3. The second-order valence-corrected chi connectivity index (χ2v) is 18.5. The summed E-state index contributed by atoms with van der Waals surface area (Å²) in [5.74, 6) is -1.41. The van der Waals surface area contributed by atoms with Crippen LogP contribution in [0.1, 0.15) is 91.9 Å². The number of rotatable bonds is 12. The molecule has 0 bridgehead atoms. The van der Waals surface area contributed by atoms with Crippen LogP contribution in [0.3, 0.4) is 0 Å². The molecule has 2 aromatic heterocycles. The number of anilines is 1. The van der Waals surface area contributed by atoms with Gasteiger partial charge in [-0.3, -0.25) is 14.4 Å². The molecule has 3 fully saturated rings. The van der Waals surface area contributed by atoms with Gasteiger partial charge >= 0.3 is 12.0 Å². The first-order valence-electron chi connectivity index (χ1n) is 22.0. The summed E-state index contributed by atoms with van der Waals surface area (Å²) in [6.07, 6.45) is 9.00. The summed E-state index contributed by atoms with van der Waals surface area (Å²) in [6, 6.07) is 4.48. The Morgan fingerprint density at radius 1 is 1.05 bits per heavy atom. The van der Waals surface area contributed by atoms with E-state index in [1.165, 1.54) is 16.2 Å². The summed E-state index contributed by atoms with van der Waals surface area (Å²) in [5, 5.41) is 25.9. The lowest BCUT2D eigenvalue weighted by Crippen LogP contribution is -2.58. The number of thiazole rings is 1. The van der Waals surface area contributed by atoms with E-state index in [0.717, 1.165) is 37.2 Å². The van der Waals surface area contributed by atoms with Gasteiger partial charge in [-0.25, -0.2) is 19.6 Å². The quantitative estimate of drug-likeness (QED) is 0.139. The van der Waals surface area contributed by atoms with Gasteiger partial charge in [0.15, 0.2) is 5.13 Å². The molecule has 17 heteroatoms. The summed E-state index contributed by atoms with van der Waals surface area (Å²) < 4.78 is 12.3. The van der Waals surface area contributed by atoms with Gasteiger partial charge in [0.05, 0.1) is 30.9 Å². The fourth-order valence-electron chi connectivity index (χ4n) is 8.65. The molecule has 4 aliphatic rings. The predicted molar refractivity (Wildman–Crippen MR) is 236 cm³/mol. The Morgan fingerprint density at radius 3 is 2.61 bits per heavy atom. The van der Waals surface area contributed by atoms with E-state index in [0.29, 0.717) is 66.1 Å². The van der Waals surface area contributed by atoms with Crippen LogP contribution >= 0.6 is 11.3 Å². The first-order chi connectivity index (χ1) is 29.7. The zero-order valence-corrected chi connectivity index (χ0v) is 37.1. The van der Waals surface area contributed by atoms with Crippen LogP contribution in [0.25, 0.3) is 22.3 Å². The lowest BCUT2D eigenvalue weighted by Gasteiger charge is -2.33. The third-order valence-corrected chi connectivity index (χ3v) is 13.1. The number of pyridine rings is 1. The van der Waals surface area contributed by atoms with E-state index in [9.17, 15) is 29.1 Å². The van der Waals surface area contributed by atoms with Crippen molar-refractivity contribution in [2.45, 2.75) is 128 Å². The number of amides is 5. The second kappa shape index (κ2) is 19.3. The molecule has 6 atom stereocenters. The summed E-state index contributed by atoms with van der Waals surface area (Å²) in [4.78, 5) is 81.3. The minimum absolute atomic E-state index is 0.000272. The van der Waals surface area contributed by atoms with E-state index >= 15 is 0 Å². The number of carbonyl (C=O) groups excluding carboxylic acids is 4. The molecule has 0 spiro atoms. The van der Waals surface area contributed by atoms with Crippen LogP contribution in [-0.2, 0) is 19.2 Å². The molecule has 16 nitrogen and oxygen atoms in total. The average Bonchev–Trinajstić information content (AvgIpc) is 3.49. The number of carboxylic acids is 1. The molecule has 7 rings (SSSR count). The zero-order chi connectivity index (χ0) is 44.1. The number of urea groups is 1. The number of allylic oxidation sites excluding steroid dienone is 1. The fraction of sp³-hybridized carbons (Fsp3) is 0.578. The van der Waals surface area contributed by atoms with Gasteiger partial charge in [-0.05, 0) is 70.4 Å². The molecule has 3 aliphatic heterocycles. The lowest BCUT2D eigenvalue weighted by molar-refractivity contribution is -0.145. The first-order valence-corrected chi connectivity index (χ1v) is 22.9. The molecule has 3 aromatic rings. The van der Waals surface area contributed by atoms with Crippen molar-refractivity contribution >= 4 is 57.1 Å². The fourth-order valence-corrected chi connectivity index (χ4v) is 9.50. The van der Waals surface area contributed by atoms with E-state index in [1.807, 2.05) is 57.4 Å². The number of nitrogens with zero attached hydrogens (tertiary/aromatic N) is 4. The topological polar surface area (TPSA) is 204 Å². The zero-order valence-electron chi connectivity index (χ0n) is 36.3. The average molecular weight is 873 g/mol. The molecule has 1 unspecified atom stereocenters. The van der Waals surface area contributed by atoms with Crippen molar-refractivity contribution in [1.82, 2.24) is 35.7 Å². The maximum Gasteiger partial charge on any atom is 0.330 e. The standard InChI is InChI=1S/C45H60N8O8S/c1-26(2)35(24-52-18-12-11-15-39(52)54)49-43(59)48-32-14-10-8-6-7-9-13-28-22-45(28,42(57)58)51-40(55)37-20-30(23-53(37)41(32)56)61-38-21-34(36-25-62-44(50-36)46-27(3)4)47-33-19-29(60-5)16-17-31(33)38/h9,13,16-17,19,21,25-28,30,32,35,37H,6-8,10-12,14-15,18,20,22-24H2,1-5H3,(H,46,50)(H,51,55)(H,57,58)(H2,48,49,59)/b13-9-/t28?,30-,32-,35-,37+,45-/m1/s1. The van der Waals surface area contributed by atoms with Gasteiger partial charge in [0.1, 0.15) is 40.9 Å². The van der Waals surface area contributed by atoms with Gasteiger partial charge in [0.25, 0.3) is 0 Å². The maximum absolute atomic E-state index is 14.9. The van der Waals surface area contributed by atoms with Crippen LogP contribution < -0.4 is 30.7 Å². The van der Waals surface area contributed by atoms with Crippen LogP contribution in [0.5, 0.6) is 11.5 Å². The highest BCUT2D eigenvalue weighted by atomic mass is 32.1. The monoisotopic (exact) mass is 872 g/mol. The molecular weight excluding hydrogens is 813 g/mol. The number of hydrogen-bond acceptors (Lipinski definition) is 11. The molecule has 0 radical (unpaired) electrons. The largest absolute Gasteiger partial charge is 0.497 e. The molecular formula is C45H60N8O8S. The Bertz CT molecular complexity index is 2180. The van der Waals surface area contributed by atoms with E-state index in [-0.39, 0.29) is 49.2 Å². The number of aromatic nitrogens is 2. The lowest BCUT2D eigenvalue weighted by atomic mass is 10.0. The van der Waals surface area contributed by atoms with Gasteiger partial charge in [0, 0.05) is 60.8 Å². The Balaban J connectivity index is 1.18. The number of piperidine rings is 1. The Morgan fingerprint density at radius 2 is 1.87 bits per heavy atom. The minimum Gasteiger partial charge on any atom is -0.497 e. The van der Waals surface area contributed by atoms with Crippen LogP contribution in [0.15, 0.2) is 41.8 Å². The number of ether oxygens (including phenoxy) is 2. The number of aliphatic carboxylic acids is 1. The van der Waals surface area contributed by atoms with Crippen molar-refractivity contribution in [2.75, 3.05) is 32.1 Å². The smallest absolute Gasteiger partial charge is 0.330 e. The Kier molecular flexibility index (Phi) is 13.9. The van der Waals surface area contributed by atoms with Crippen molar-refractivity contribution < 1.29 is 38.6 Å². The molecule has 5 amide bonds. The molecule has 5 N–H and O–H groups in total. The van der Waals surface area contributed by atoms with Crippen molar-refractivity contribution in [2.24, 2.45) is 11.8 Å². The highest BCUT2D eigenvalue weighted by Gasteiger charge is 2.61. The van der Waals surface area contributed by atoms with Gasteiger partial charge in [-0.1, -0.05) is 38.8 Å². The molecule has 2 saturated heterocycles. The van der Waals surface area contributed by atoms with Crippen LogP contribution in [0.4, 0.5) is 9.93 Å². The number of hydrogen-bond donors (Lipinski definition) is 5. The molecule has 1 aliphatic carbocycles. The van der Waals surface area contributed by atoms with Crippen molar-refractivity contribution in [3.8, 4) is 22.9 Å². The Labute approximate surface area is 366 Å². The maximum atomic E-state index is 14.9. The predicted octanol–water partition coefficient (Wildman–Crippen LogP) is 5.72. The van der Waals surface area contributed by atoms with Crippen LogP contribution in [0, 0.1) is 11.8 Å². The van der Waals surface area contributed by atoms with Gasteiger partial charge in [-0.2, -0.15) is 0 Å². The first kappa shape index (κ1) is 44.6. The SMILES string of the molecule is COc1ccc2c(O[C@@H]3C[C@H]4C(=O)N[C@]5(C(=O)O)CC5/C=C\CCCCC[C@@H](NC(=O)N[C@H](CN5CCCCC5=O)C(C)C)C(=O)N4C3)cc(-c3csc(NC(C)C)n3)nc2c1. The van der Waals surface area contributed by atoms with Crippen LogP contribution in [-0.4, -0.2) is 117 Å². The normalized spacial score (nSPS) is 25.6. The summed E-state index contributed by atoms with van der Waals surface area (Å²) >= 11 is 1.46. The third kappa shape index (κ3) is 10.2. The highest BCUT2D eigenvalue weighted by Crippen LogP contribution is 2.45. The van der Waals surface area contributed by atoms with Gasteiger partial charge < -0.3 is 45.6 Å². The highest BCUT2D eigenvalue weighted by molar-refractivity contribution is 7.14. The summed E-state index contributed by atoms with van der Waals surface area (Å²) in [5.41, 5.74) is 0.321. The number of methoxy groups -OCH3 is 1. The van der Waals surface area contributed by atoms with Crippen molar-refractivity contribution in [3.63, 3.8) is 0 Å². The molecule has 1 aromatic carbocycles. The number of benzene rings is 1. The van der Waals surface area contributed by atoms with Gasteiger partial charge in [-0.15, -0.1) is 11.3 Å². The van der Waals surface area contributed by atoms with E-state index in [2.05, 4.69) is 21.3 Å². The van der Waals surface area contributed by atoms with Crippen molar-refractivity contribution in [3.05, 3.63) is 41.8 Å². The summed E-state index contributed by atoms with van der Waals surface area (Å²) in [6.45, 7) is 9.04. The number of carboxylic acid groups (broad SMARTS) is 1. The number of fused-ring (bicyclic) bond motifs is 3. The van der Waals surface area contributed by atoms with E-state index < -0.39 is 47.5 Å². The summed E-state index contributed by atoms with van der Waals surface area (Å²) in [7, 11) is 1.58. The molecule has 1 saturated carbocycles. The second-order valence-electron chi connectivity index (χ2n) is 17.7. The minimum atomic E-state index is -1.48.